The summed E-state index contributed by atoms with van der Waals surface area (Å²) < 4.78 is 0. The van der Waals surface area contributed by atoms with Crippen molar-refractivity contribution in [1.82, 2.24) is 15.0 Å². The monoisotopic (exact) mass is 267 g/mol. The number of nitrogens with zero attached hydrogens (tertiary/aromatic N) is 2. The van der Waals surface area contributed by atoms with Gasteiger partial charge in [0.05, 0.1) is 5.39 Å². The molecule has 2 aromatic heterocycles. The predicted octanol–water partition coefficient (Wildman–Crippen LogP) is 2.66. The molecule has 0 spiro atoms. The highest BCUT2D eigenvalue weighted by Crippen LogP contribution is 2.23. The number of aromatic amines is 1. The Hall–Kier alpha value is -2.89. The molecule has 0 saturated heterocycles. The zero-order chi connectivity index (χ0) is 13.9. The van der Waals surface area contributed by atoms with Crippen LogP contribution in [0.1, 0.15) is 6.92 Å². The Morgan fingerprint density at radius 1 is 1.10 bits per heavy atom. The highest BCUT2D eigenvalue weighted by Gasteiger charge is 2.04. The quantitative estimate of drug-likeness (QED) is 0.681. The number of hydrogen-bond acceptors (Lipinski definition) is 4. The molecule has 0 bridgehead atoms. The van der Waals surface area contributed by atoms with Crippen LogP contribution < -0.4 is 10.6 Å². The summed E-state index contributed by atoms with van der Waals surface area (Å²) in [5.41, 5.74) is 2.44. The van der Waals surface area contributed by atoms with Crippen molar-refractivity contribution in [2.45, 2.75) is 6.92 Å². The van der Waals surface area contributed by atoms with Crippen LogP contribution in [-0.4, -0.2) is 20.9 Å². The van der Waals surface area contributed by atoms with Crippen molar-refractivity contribution in [1.29, 1.82) is 0 Å². The minimum atomic E-state index is -0.0875. The number of benzene rings is 1. The molecule has 0 atom stereocenters. The molecule has 3 rings (SSSR count). The normalized spacial score (nSPS) is 10.4. The van der Waals surface area contributed by atoms with Crippen LogP contribution in [0.25, 0.3) is 11.0 Å². The highest BCUT2D eigenvalue weighted by molar-refractivity contribution is 5.90. The topological polar surface area (TPSA) is 82.7 Å². The van der Waals surface area contributed by atoms with Gasteiger partial charge in [-0.15, -0.1) is 0 Å². The molecular weight excluding hydrogens is 254 g/mol. The van der Waals surface area contributed by atoms with E-state index in [2.05, 4.69) is 25.6 Å². The second kappa shape index (κ2) is 5.00. The van der Waals surface area contributed by atoms with Crippen LogP contribution in [-0.2, 0) is 4.79 Å². The minimum absolute atomic E-state index is 0.0875. The van der Waals surface area contributed by atoms with Crippen molar-refractivity contribution in [2.75, 3.05) is 10.6 Å². The lowest BCUT2D eigenvalue weighted by Gasteiger charge is -2.07. The zero-order valence-electron chi connectivity index (χ0n) is 10.8. The number of carbonyl (C=O) groups excluding carboxylic acids is 1. The molecule has 0 aliphatic carbocycles. The van der Waals surface area contributed by atoms with Gasteiger partial charge >= 0.3 is 0 Å². The summed E-state index contributed by atoms with van der Waals surface area (Å²) >= 11 is 0. The van der Waals surface area contributed by atoms with Gasteiger partial charge in [0.2, 0.25) is 5.91 Å². The van der Waals surface area contributed by atoms with Crippen LogP contribution in [0.5, 0.6) is 0 Å². The number of anilines is 3. The average molecular weight is 267 g/mol. The third kappa shape index (κ3) is 2.44. The van der Waals surface area contributed by atoms with E-state index in [1.807, 2.05) is 36.5 Å². The fourth-order valence-electron chi connectivity index (χ4n) is 1.95. The number of hydrogen-bond donors (Lipinski definition) is 3. The van der Waals surface area contributed by atoms with E-state index in [4.69, 9.17) is 0 Å². The van der Waals surface area contributed by atoms with E-state index in [9.17, 15) is 4.79 Å². The molecule has 0 aliphatic rings. The Kier molecular flexibility index (Phi) is 3.04. The van der Waals surface area contributed by atoms with Gasteiger partial charge < -0.3 is 15.6 Å². The second-order valence-corrected chi connectivity index (χ2v) is 4.35. The van der Waals surface area contributed by atoms with Gasteiger partial charge in [-0.25, -0.2) is 9.97 Å². The zero-order valence-corrected chi connectivity index (χ0v) is 10.8. The van der Waals surface area contributed by atoms with Crippen LogP contribution in [0.4, 0.5) is 17.2 Å². The molecule has 6 heteroatoms. The number of nitrogens with one attached hydrogen (secondary N) is 3. The van der Waals surface area contributed by atoms with Crippen molar-refractivity contribution >= 4 is 34.1 Å². The average Bonchev–Trinajstić information content (AvgIpc) is 2.90. The van der Waals surface area contributed by atoms with Gasteiger partial charge in [0.25, 0.3) is 0 Å². The Labute approximate surface area is 115 Å². The lowest BCUT2D eigenvalue weighted by Crippen LogP contribution is -2.05. The van der Waals surface area contributed by atoms with Gasteiger partial charge in [-0.3, -0.25) is 4.79 Å². The Morgan fingerprint density at radius 2 is 1.85 bits per heavy atom. The number of carbonyl (C=O) groups is 1. The maximum Gasteiger partial charge on any atom is 0.221 e. The van der Waals surface area contributed by atoms with Gasteiger partial charge in [-0.1, -0.05) is 0 Å². The molecule has 0 fully saturated rings. The third-order valence-electron chi connectivity index (χ3n) is 2.82. The van der Waals surface area contributed by atoms with Crippen LogP contribution in [0, 0.1) is 0 Å². The summed E-state index contributed by atoms with van der Waals surface area (Å²) in [5, 5.41) is 6.88. The smallest absolute Gasteiger partial charge is 0.221 e. The molecule has 2 heterocycles. The first-order chi connectivity index (χ1) is 9.72. The fraction of sp³-hybridized carbons (Fsp3) is 0.0714. The largest absolute Gasteiger partial charge is 0.346 e. The van der Waals surface area contributed by atoms with Crippen molar-refractivity contribution in [3.63, 3.8) is 0 Å². The van der Waals surface area contributed by atoms with E-state index in [1.165, 1.54) is 13.3 Å². The van der Waals surface area contributed by atoms with Gasteiger partial charge in [0.15, 0.2) is 0 Å². The van der Waals surface area contributed by atoms with Crippen LogP contribution >= 0.6 is 0 Å². The van der Waals surface area contributed by atoms with Gasteiger partial charge in [-0.2, -0.15) is 0 Å². The van der Waals surface area contributed by atoms with E-state index in [0.29, 0.717) is 0 Å². The minimum Gasteiger partial charge on any atom is -0.346 e. The Morgan fingerprint density at radius 3 is 2.60 bits per heavy atom. The molecule has 3 aromatic rings. The molecule has 3 N–H and O–H groups in total. The summed E-state index contributed by atoms with van der Waals surface area (Å²) in [5.74, 6) is 0.652. The first kappa shape index (κ1) is 12.2. The Balaban J connectivity index is 1.84. The van der Waals surface area contributed by atoms with E-state index in [1.54, 1.807) is 0 Å². The fourth-order valence-corrected chi connectivity index (χ4v) is 1.95. The molecule has 20 heavy (non-hydrogen) atoms. The summed E-state index contributed by atoms with van der Waals surface area (Å²) in [6, 6.07) is 9.35. The molecule has 0 aliphatic heterocycles. The molecule has 6 nitrogen and oxygen atoms in total. The SMILES string of the molecule is CC(=O)Nc1ccc(Nc2ncnc3[nH]ccc23)cc1. The molecule has 1 aromatic carbocycles. The number of fused-ring (bicyclic) bond motifs is 1. The number of rotatable bonds is 3. The van der Waals surface area contributed by atoms with Crippen LogP contribution in [0.2, 0.25) is 0 Å². The molecule has 0 unspecified atom stereocenters. The Bertz CT molecular complexity index is 748. The highest BCUT2D eigenvalue weighted by atomic mass is 16.1. The standard InChI is InChI=1S/C14H13N5O/c1-9(20)18-10-2-4-11(5-3-10)19-14-12-6-7-15-13(12)16-8-17-14/h2-8H,1H3,(H,18,20)(H2,15,16,17,19). The van der Waals surface area contributed by atoms with E-state index in [0.717, 1.165) is 28.2 Å². The summed E-state index contributed by atoms with van der Waals surface area (Å²) in [6.07, 6.45) is 3.33. The summed E-state index contributed by atoms with van der Waals surface area (Å²) in [6.45, 7) is 1.48. The van der Waals surface area contributed by atoms with Crippen molar-refractivity contribution < 1.29 is 4.79 Å². The lowest BCUT2D eigenvalue weighted by molar-refractivity contribution is -0.114. The number of aromatic nitrogens is 3. The van der Waals surface area contributed by atoms with Gasteiger partial charge in [0, 0.05) is 24.5 Å². The maximum atomic E-state index is 11.0. The van der Waals surface area contributed by atoms with Crippen LogP contribution in [0.15, 0.2) is 42.9 Å². The van der Waals surface area contributed by atoms with E-state index in [-0.39, 0.29) is 5.91 Å². The number of H-pyrrole nitrogens is 1. The molecule has 0 radical (unpaired) electrons. The molecule has 0 saturated carbocycles. The molecule has 1 amide bonds. The summed E-state index contributed by atoms with van der Waals surface area (Å²) in [4.78, 5) is 22.4. The third-order valence-corrected chi connectivity index (χ3v) is 2.82. The predicted molar refractivity (Wildman–Crippen MR) is 77.9 cm³/mol. The first-order valence-electron chi connectivity index (χ1n) is 6.15. The van der Waals surface area contributed by atoms with E-state index < -0.39 is 0 Å². The van der Waals surface area contributed by atoms with Gasteiger partial charge in [0.1, 0.15) is 17.8 Å². The van der Waals surface area contributed by atoms with Crippen LogP contribution in [0.3, 0.4) is 0 Å². The van der Waals surface area contributed by atoms with E-state index >= 15 is 0 Å². The van der Waals surface area contributed by atoms with Crippen molar-refractivity contribution in [3.05, 3.63) is 42.9 Å². The maximum absolute atomic E-state index is 11.0. The molecule has 100 valence electrons. The summed E-state index contributed by atoms with van der Waals surface area (Å²) in [7, 11) is 0. The van der Waals surface area contributed by atoms with Crippen molar-refractivity contribution in [2.24, 2.45) is 0 Å². The molecular formula is C14H13N5O. The second-order valence-electron chi connectivity index (χ2n) is 4.35. The van der Waals surface area contributed by atoms with Crippen molar-refractivity contribution in [3.8, 4) is 0 Å². The lowest BCUT2D eigenvalue weighted by atomic mass is 10.2. The first-order valence-corrected chi connectivity index (χ1v) is 6.15. The number of amides is 1. The van der Waals surface area contributed by atoms with Gasteiger partial charge in [-0.05, 0) is 30.3 Å².